The summed E-state index contributed by atoms with van der Waals surface area (Å²) in [6, 6.07) is 12.0. The van der Waals surface area contributed by atoms with E-state index in [-0.39, 0.29) is 11.4 Å². The molecule has 0 spiro atoms. The first-order chi connectivity index (χ1) is 12.9. The number of halogens is 3. The summed E-state index contributed by atoms with van der Waals surface area (Å²) in [6.07, 6.45) is -1.55. The van der Waals surface area contributed by atoms with Gasteiger partial charge in [-0.3, -0.25) is 9.78 Å². The third kappa shape index (κ3) is 3.43. The second kappa shape index (κ2) is 6.35. The Hall–Kier alpha value is -3.49. The van der Waals surface area contributed by atoms with Gasteiger partial charge in [0.1, 0.15) is 0 Å². The maximum absolute atomic E-state index is 12.5. The molecule has 0 radical (unpaired) electrons. The van der Waals surface area contributed by atoms with Crippen LogP contribution in [0.5, 0.6) is 0 Å². The van der Waals surface area contributed by atoms with Gasteiger partial charge in [0.25, 0.3) is 5.56 Å². The minimum absolute atomic E-state index is 0.151. The molecule has 0 bridgehead atoms. The summed E-state index contributed by atoms with van der Waals surface area (Å²) in [7, 11) is 0. The zero-order valence-corrected chi connectivity index (χ0v) is 13.6. The molecule has 136 valence electrons. The zero-order chi connectivity index (χ0) is 19.0. The highest BCUT2D eigenvalue weighted by molar-refractivity contribution is 5.78. The fourth-order valence-corrected chi connectivity index (χ4v) is 2.65. The van der Waals surface area contributed by atoms with E-state index in [4.69, 9.17) is 0 Å². The lowest BCUT2D eigenvalue weighted by molar-refractivity contribution is -0.159. The molecule has 1 aromatic carbocycles. The number of rotatable bonds is 3. The van der Waals surface area contributed by atoms with Crippen LogP contribution in [0.25, 0.3) is 22.3 Å². The van der Waals surface area contributed by atoms with Crippen molar-refractivity contribution in [3.63, 3.8) is 0 Å². The van der Waals surface area contributed by atoms with Crippen LogP contribution in [-0.4, -0.2) is 19.7 Å². The van der Waals surface area contributed by atoms with Crippen molar-refractivity contribution in [2.75, 3.05) is 0 Å². The molecule has 0 saturated heterocycles. The van der Waals surface area contributed by atoms with Gasteiger partial charge in [-0.25, -0.2) is 0 Å². The highest BCUT2D eigenvalue weighted by Crippen LogP contribution is 2.29. The van der Waals surface area contributed by atoms with Gasteiger partial charge in [0, 0.05) is 29.4 Å². The minimum Gasteiger partial charge on any atom is -0.329 e. The molecule has 0 aliphatic heterocycles. The molecule has 4 aromatic rings. The lowest BCUT2D eigenvalue weighted by Crippen LogP contribution is -2.19. The molecule has 3 aromatic heterocycles. The van der Waals surface area contributed by atoms with E-state index in [2.05, 4.69) is 19.6 Å². The summed E-state index contributed by atoms with van der Waals surface area (Å²) in [5, 5.41) is 4.23. The fraction of sp³-hybridized carbons (Fsp3) is 0.111. The fourth-order valence-electron chi connectivity index (χ4n) is 2.65. The van der Waals surface area contributed by atoms with E-state index < -0.39 is 17.6 Å². The third-order valence-electron chi connectivity index (χ3n) is 3.94. The number of benzene rings is 1. The number of fused-ring (bicyclic) bond motifs is 1. The number of aromatic nitrogens is 4. The Kier molecular flexibility index (Phi) is 3.98. The highest BCUT2D eigenvalue weighted by atomic mass is 19.4. The molecular weight excluding hydrogens is 361 g/mol. The van der Waals surface area contributed by atoms with E-state index in [1.54, 1.807) is 6.20 Å². The molecule has 0 amide bonds. The van der Waals surface area contributed by atoms with E-state index in [9.17, 15) is 18.0 Å². The van der Waals surface area contributed by atoms with Crippen LogP contribution in [-0.2, 0) is 12.7 Å². The van der Waals surface area contributed by atoms with Crippen LogP contribution in [0.1, 0.15) is 11.5 Å². The van der Waals surface area contributed by atoms with Crippen molar-refractivity contribution < 1.29 is 17.7 Å². The molecule has 6 nitrogen and oxygen atoms in total. The van der Waals surface area contributed by atoms with E-state index in [0.29, 0.717) is 6.54 Å². The van der Waals surface area contributed by atoms with Gasteiger partial charge in [-0.1, -0.05) is 17.3 Å². The summed E-state index contributed by atoms with van der Waals surface area (Å²) in [5.41, 5.74) is 1.50. The number of nitrogens with zero attached hydrogens (tertiary/aromatic N) is 4. The lowest BCUT2D eigenvalue weighted by Gasteiger charge is -2.07. The summed E-state index contributed by atoms with van der Waals surface area (Å²) < 4.78 is 43.3. The van der Waals surface area contributed by atoms with Gasteiger partial charge in [-0.2, -0.15) is 18.2 Å². The van der Waals surface area contributed by atoms with E-state index >= 15 is 0 Å². The predicted octanol–water partition coefficient (Wildman–Crippen LogP) is 3.51. The molecule has 0 unspecified atom stereocenters. The van der Waals surface area contributed by atoms with Gasteiger partial charge in [0.15, 0.2) is 0 Å². The second-order valence-corrected chi connectivity index (χ2v) is 5.83. The first kappa shape index (κ1) is 17.0. The number of pyridine rings is 2. The minimum atomic E-state index is -4.73. The molecule has 0 fully saturated rings. The average Bonchev–Trinajstić information content (AvgIpc) is 3.14. The van der Waals surface area contributed by atoms with Gasteiger partial charge in [0.05, 0.1) is 12.1 Å². The third-order valence-corrected chi connectivity index (χ3v) is 3.94. The zero-order valence-electron chi connectivity index (χ0n) is 13.6. The Balaban J connectivity index is 1.61. The molecule has 0 N–H and O–H groups in total. The SMILES string of the molecule is O=c1cc(-c2noc(C(F)(F)F)n2)ccn1Cc1ccc2ncccc2c1. The largest absolute Gasteiger partial charge is 0.471 e. The van der Waals surface area contributed by atoms with Crippen LogP contribution >= 0.6 is 0 Å². The average molecular weight is 372 g/mol. The Morgan fingerprint density at radius 2 is 1.96 bits per heavy atom. The van der Waals surface area contributed by atoms with Crippen LogP contribution in [0.3, 0.4) is 0 Å². The van der Waals surface area contributed by atoms with Crippen molar-refractivity contribution in [1.29, 1.82) is 0 Å². The topological polar surface area (TPSA) is 73.8 Å². The molecule has 27 heavy (non-hydrogen) atoms. The lowest BCUT2D eigenvalue weighted by atomic mass is 10.1. The maximum atomic E-state index is 12.5. The van der Waals surface area contributed by atoms with Gasteiger partial charge in [0.2, 0.25) is 5.82 Å². The van der Waals surface area contributed by atoms with Crippen LogP contribution < -0.4 is 5.56 Å². The van der Waals surface area contributed by atoms with Crippen molar-refractivity contribution in [1.82, 2.24) is 19.7 Å². The summed E-state index contributed by atoms with van der Waals surface area (Å²) in [4.78, 5) is 19.8. The predicted molar refractivity (Wildman–Crippen MR) is 89.8 cm³/mol. The normalized spacial score (nSPS) is 11.8. The summed E-state index contributed by atoms with van der Waals surface area (Å²) >= 11 is 0. The molecule has 0 aliphatic rings. The molecule has 4 rings (SSSR count). The van der Waals surface area contributed by atoms with Crippen molar-refractivity contribution >= 4 is 10.9 Å². The van der Waals surface area contributed by atoms with E-state index in [0.717, 1.165) is 16.5 Å². The Bertz CT molecular complexity index is 1180. The van der Waals surface area contributed by atoms with Crippen molar-refractivity contribution in [3.8, 4) is 11.4 Å². The molecule has 9 heteroatoms. The number of hydrogen-bond acceptors (Lipinski definition) is 5. The Morgan fingerprint density at radius 1 is 1.11 bits per heavy atom. The van der Waals surface area contributed by atoms with Crippen LogP contribution in [0.4, 0.5) is 13.2 Å². The van der Waals surface area contributed by atoms with Gasteiger partial charge in [-0.05, 0) is 29.8 Å². The standard InChI is InChI=1S/C18H11F3N4O2/c19-18(20,21)17-23-16(24-27-17)13-5-7-25(15(26)9-13)10-11-3-4-14-12(8-11)2-1-6-22-14/h1-9H,10H2. The second-order valence-electron chi connectivity index (χ2n) is 5.83. The van der Waals surface area contributed by atoms with E-state index in [1.807, 2.05) is 30.3 Å². The van der Waals surface area contributed by atoms with Crippen molar-refractivity contribution in [3.05, 3.63) is 76.7 Å². The van der Waals surface area contributed by atoms with Crippen LogP contribution in [0.15, 0.2) is 64.2 Å². The van der Waals surface area contributed by atoms with E-state index in [1.165, 1.54) is 22.9 Å². The van der Waals surface area contributed by atoms with Crippen molar-refractivity contribution in [2.24, 2.45) is 0 Å². The number of hydrogen-bond donors (Lipinski definition) is 0. The highest BCUT2D eigenvalue weighted by Gasteiger charge is 2.38. The van der Waals surface area contributed by atoms with Gasteiger partial charge in [-0.15, -0.1) is 0 Å². The summed E-state index contributed by atoms with van der Waals surface area (Å²) in [5.74, 6) is -1.74. The first-order valence-corrected chi connectivity index (χ1v) is 7.85. The van der Waals surface area contributed by atoms with Crippen molar-refractivity contribution in [2.45, 2.75) is 12.7 Å². The Labute approximate surface area is 149 Å². The number of alkyl halides is 3. The van der Waals surface area contributed by atoms with Gasteiger partial charge >= 0.3 is 12.1 Å². The first-order valence-electron chi connectivity index (χ1n) is 7.85. The molecule has 3 heterocycles. The molecular formula is C18H11F3N4O2. The Morgan fingerprint density at radius 3 is 2.70 bits per heavy atom. The molecule has 0 atom stereocenters. The maximum Gasteiger partial charge on any atom is 0.471 e. The van der Waals surface area contributed by atoms with Gasteiger partial charge < -0.3 is 9.09 Å². The molecule has 0 aliphatic carbocycles. The summed E-state index contributed by atoms with van der Waals surface area (Å²) in [6.45, 7) is 0.310. The van der Waals surface area contributed by atoms with Crippen LogP contribution in [0, 0.1) is 0 Å². The monoisotopic (exact) mass is 372 g/mol. The quantitative estimate of drug-likeness (QED) is 0.550. The molecule has 0 saturated carbocycles. The van der Waals surface area contributed by atoms with Crippen LogP contribution in [0.2, 0.25) is 0 Å². The smallest absolute Gasteiger partial charge is 0.329 e.